The highest BCUT2D eigenvalue weighted by molar-refractivity contribution is 7.99. The van der Waals surface area contributed by atoms with E-state index in [0.717, 1.165) is 0 Å². The first kappa shape index (κ1) is 21.3. The maximum absolute atomic E-state index is 12.9. The lowest BCUT2D eigenvalue weighted by Gasteiger charge is -2.36. The van der Waals surface area contributed by atoms with Gasteiger partial charge in [-0.05, 0) is 37.1 Å². The topological polar surface area (TPSA) is 60.9 Å². The number of carbonyl (C=O) groups is 3. The molecular formula is C22H21F2N3O3S. The average Bonchev–Trinajstić information content (AvgIpc) is 3.08. The van der Waals surface area contributed by atoms with Gasteiger partial charge in [-0.15, -0.1) is 0 Å². The molecule has 0 aromatic heterocycles. The molecule has 0 saturated carbocycles. The molecule has 31 heavy (non-hydrogen) atoms. The number of benzene rings is 2. The summed E-state index contributed by atoms with van der Waals surface area (Å²) in [6.07, 6.45) is 1.05. The van der Waals surface area contributed by atoms with Crippen molar-refractivity contribution in [2.45, 2.75) is 29.5 Å². The summed E-state index contributed by atoms with van der Waals surface area (Å²) in [4.78, 5) is 42.9. The van der Waals surface area contributed by atoms with Crippen molar-refractivity contribution in [3.8, 4) is 0 Å². The van der Waals surface area contributed by atoms with E-state index in [1.165, 1.54) is 11.0 Å². The summed E-state index contributed by atoms with van der Waals surface area (Å²) < 4.78 is 25.6. The third-order valence-corrected chi connectivity index (χ3v) is 6.32. The van der Waals surface area contributed by atoms with Crippen LogP contribution in [0.1, 0.15) is 23.2 Å². The van der Waals surface area contributed by atoms with E-state index in [1.54, 1.807) is 52.3 Å². The monoisotopic (exact) mass is 445 g/mol. The number of imide groups is 1. The van der Waals surface area contributed by atoms with Crippen molar-refractivity contribution in [1.29, 1.82) is 0 Å². The summed E-state index contributed by atoms with van der Waals surface area (Å²) in [6, 6.07) is 14.6. The number of halogens is 2. The van der Waals surface area contributed by atoms with Crippen molar-refractivity contribution in [2.75, 3.05) is 24.5 Å². The number of rotatable bonds is 5. The number of hydrogen-bond acceptors (Lipinski definition) is 4. The second kappa shape index (κ2) is 9.05. The molecule has 2 aliphatic rings. The van der Waals surface area contributed by atoms with Gasteiger partial charge in [0.1, 0.15) is 6.54 Å². The molecule has 0 spiro atoms. The van der Waals surface area contributed by atoms with Gasteiger partial charge in [0.2, 0.25) is 0 Å². The van der Waals surface area contributed by atoms with Crippen LogP contribution < -0.4 is 4.90 Å². The molecule has 6 nitrogen and oxygen atoms in total. The van der Waals surface area contributed by atoms with E-state index in [9.17, 15) is 23.2 Å². The first-order chi connectivity index (χ1) is 15.0. The van der Waals surface area contributed by atoms with Crippen molar-refractivity contribution in [1.82, 2.24) is 9.80 Å². The minimum atomic E-state index is -2.61. The Balaban J connectivity index is 1.41. The first-order valence-electron chi connectivity index (χ1n) is 9.97. The molecule has 0 bridgehead atoms. The molecule has 162 valence electrons. The van der Waals surface area contributed by atoms with Gasteiger partial charge in [-0.3, -0.25) is 9.59 Å². The highest BCUT2D eigenvalue weighted by Gasteiger charge is 2.41. The second-order valence-electron chi connectivity index (χ2n) is 7.37. The number of likely N-dealkylation sites (tertiary alicyclic amines) is 1. The van der Waals surface area contributed by atoms with E-state index in [1.807, 2.05) is 6.07 Å². The van der Waals surface area contributed by atoms with Crippen LogP contribution in [0.15, 0.2) is 59.5 Å². The van der Waals surface area contributed by atoms with Crippen LogP contribution in [0.2, 0.25) is 0 Å². The number of urea groups is 1. The molecule has 4 amide bonds. The zero-order valence-corrected chi connectivity index (χ0v) is 17.4. The molecule has 0 atom stereocenters. The first-order valence-corrected chi connectivity index (χ1v) is 10.9. The SMILES string of the molecule is O=C(c1ccccc1SC(F)F)N1CCC(N2CC(=O)N(c3ccccc3)C2=O)CC1. The number of para-hydroxylation sites is 1. The number of nitrogens with zero attached hydrogens (tertiary/aromatic N) is 3. The molecule has 4 rings (SSSR count). The molecule has 2 aliphatic heterocycles. The zero-order chi connectivity index (χ0) is 22.0. The lowest BCUT2D eigenvalue weighted by atomic mass is 10.0. The minimum Gasteiger partial charge on any atom is -0.338 e. The molecule has 0 N–H and O–H groups in total. The van der Waals surface area contributed by atoms with Crippen LogP contribution in [0.25, 0.3) is 0 Å². The largest absolute Gasteiger partial charge is 0.338 e. The molecule has 0 unspecified atom stereocenters. The predicted molar refractivity (Wildman–Crippen MR) is 113 cm³/mol. The second-order valence-corrected chi connectivity index (χ2v) is 8.41. The Morgan fingerprint density at radius 2 is 1.61 bits per heavy atom. The quantitative estimate of drug-likeness (QED) is 0.514. The molecule has 2 heterocycles. The fraction of sp³-hybridized carbons (Fsp3) is 0.318. The standard InChI is InChI=1S/C22H21F2N3O3S/c23-21(24)31-18-9-5-4-8-17(18)20(29)25-12-10-15(11-13-25)26-14-19(28)27(22(26)30)16-6-2-1-3-7-16/h1-9,15,21H,10-14H2. The van der Waals surface area contributed by atoms with Crippen molar-refractivity contribution < 1.29 is 23.2 Å². The van der Waals surface area contributed by atoms with Gasteiger partial charge in [0.15, 0.2) is 0 Å². The number of thioether (sulfide) groups is 1. The number of alkyl halides is 2. The smallest absolute Gasteiger partial charge is 0.332 e. The number of piperidine rings is 1. The summed E-state index contributed by atoms with van der Waals surface area (Å²) in [5.74, 6) is -3.17. The summed E-state index contributed by atoms with van der Waals surface area (Å²) >= 11 is 0.360. The average molecular weight is 445 g/mol. The predicted octanol–water partition coefficient (Wildman–Crippen LogP) is 4.07. The highest BCUT2D eigenvalue weighted by atomic mass is 32.2. The summed E-state index contributed by atoms with van der Waals surface area (Å²) in [5.41, 5.74) is 0.801. The summed E-state index contributed by atoms with van der Waals surface area (Å²) in [7, 11) is 0. The van der Waals surface area contributed by atoms with Crippen LogP contribution in [0.4, 0.5) is 19.3 Å². The zero-order valence-electron chi connectivity index (χ0n) is 16.6. The van der Waals surface area contributed by atoms with Crippen LogP contribution in [0.3, 0.4) is 0 Å². The molecule has 2 aromatic rings. The molecular weight excluding hydrogens is 424 g/mol. The van der Waals surface area contributed by atoms with Gasteiger partial charge in [0.05, 0.1) is 11.3 Å². The Bertz CT molecular complexity index is 981. The van der Waals surface area contributed by atoms with E-state index < -0.39 is 5.76 Å². The Kier molecular flexibility index (Phi) is 6.22. The normalized spacial score (nSPS) is 17.7. The fourth-order valence-electron chi connectivity index (χ4n) is 4.03. The highest BCUT2D eigenvalue weighted by Crippen LogP contribution is 2.31. The summed E-state index contributed by atoms with van der Waals surface area (Å²) in [6.45, 7) is 0.793. The van der Waals surface area contributed by atoms with Gasteiger partial charge in [-0.1, -0.05) is 42.1 Å². The van der Waals surface area contributed by atoms with E-state index in [-0.39, 0.29) is 40.9 Å². The minimum absolute atomic E-state index is 0.0141. The lowest BCUT2D eigenvalue weighted by Crippen LogP contribution is -2.48. The summed E-state index contributed by atoms with van der Waals surface area (Å²) in [5, 5.41) is 0. The molecule has 2 saturated heterocycles. The number of anilines is 1. The third kappa shape index (κ3) is 4.41. The van der Waals surface area contributed by atoms with Crippen LogP contribution in [-0.4, -0.2) is 59.1 Å². The van der Waals surface area contributed by atoms with E-state index in [4.69, 9.17) is 0 Å². The Hall–Kier alpha value is -2.94. The van der Waals surface area contributed by atoms with Crippen molar-refractivity contribution in [2.24, 2.45) is 0 Å². The van der Waals surface area contributed by atoms with E-state index in [0.29, 0.717) is 43.4 Å². The van der Waals surface area contributed by atoms with Gasteiger partial charge in [-0.25, -0.2) is 9.69 Å². The number of amides is 4. The number of carbonyl (C=O) groups excluding carboxylic acids is 3. The van der Waals surface area contributed by atoms with Gasteiger partial charge < -0.3 is 9.80 Å². The van der Waals surface area contributed by atoms with Crippen LogP contribution in [0.5, 0.6) is 0 Å². The Morgan fingerprint density at radius 1 is 0.968 bits per heavy atom. The molecule has 0 radical (unpaired) electrons. The van der Waals surface area contributed by atoms with Crippen molar-refractivity contribution in [3.63, 3.8) is 0 Å². The maximum Gasteiger partial charge on any atom is 0.332 e. The van der Waals surface area contributed by atoms with Gasteiger partial charge >= 0.3 is 6.03 Å². The van der Waals surface area contributed by atoms with Crippen LogP contribution in [0, 0.1) is 0 Å². The molecule has 9 heteroatoms. The lowest BCUT2D eigenvalue weighted by molar-refractivity contribution is -0.116. The van der Waals surface area contributed by atoms with Crippen LogP contribution in [-0.2, 0) is 4.79 Å². The number of hydrogen-bond donors (Lipinski definition) is 0. The van der Waals surface area contributed by atoms with Crippen LogP contribution >= 0.6 is 11.8 Å². The Labute approximate surface area is 182 Å². The molecule has 2 aromatic carbocycles. The fourth-order valence-corrected chi connectivity index (χ4v) is 4.66. The van der Waals surface area contributed by atoms with Gasteiger partial charge in [0, 0.05) is 24.0 Å². The van der Waals surface area contributed by atoms with E-state index in [2.05, 4.69) is 0 Å². The maximum atomic E-state index is 12.9. The molecule has 2 fully saturated rings. The van der Waals surface area contributed by atoms with E-state index >= 15 is 0 Å². The van der Waals surface area contributed by atoms with Crippen molar-refractivity contribution >= 4 is 35.3 Å². The molecule has 0 aliphatic carbocycles. The van der Waals surface area contributed by atoms with Gasteiger partial charge in [0.25, 0.3) is 17.6 Å². The third-order valence-electron chi connectivity index (χ3n) is 5.53. The Morgan fingerprint density at radius 3 is 2.29 bits per heavy atom. The van der Waals surface area contributed by atoms with Crippen molar-refractivity contribution in [3.05, 3.63) is 60.2 Å². The van der Waals surface area contributed by atoms with Gasteiger partial charge in [-0.2, -0.15) is 8.78 Å².